The van der Waals surface area contributed by atoms with Crippen LogP contribution in [0.2, 0.25) is 5.02 Å². The summed E-state index contributed by atoms with van der Waals surface area (Å²) >= 11 is 6.01. The summed E-state index contributed by atoms with van der Waals surface area (Å²) in [5.41, 5.74) is 4.95. The number of oxazole rings is 1. The normalized spacial score (nSPS) is 10.9. The van der Waals surface area contributed by atoms with Crippen LogP contribution in [-0.4, -0.2) is 10.5 Å². The number of carbonyl (C=O) groups is 1. The lowest BCUT2D eigenvalue weighted by atomic mass is 10.1. The Kier molecular flexibility index (Phi) is 5.33. The number of carbonyl (C=O) groups excluding carboxylic acids is 1. The Balaban J connectivity index is 1.58. The van der Waals surface area contributed by atoms with E-state index in [1.165, 1.54) is 4.57 Å². The predicted molar refractivity (Wildman–Crippen MR) is 117 cm³/mol. The third-order valence-electron chi connectivity index (χ3n) is 4.98. The van der Waals surface area contributed by atoms with E-state index in [-0.39, 0.29) is 6.73 Å². The van der Waals surface area contributed by atoms with Crippen LogP contribution < -0.4 is 11.1 Å². The molecule has 0 aliphatic heterocycles. The van der Waals surface area contributed by atoms with Gasteiger partial charge in [-0.15, -0.1) is 0 Å². The Morgan fingerprint density at radius 3 is 2.67 bits per heavy atom. The van der Waals surface area contributed by atoms with Crippen molar-refractivity contribution in [1.29, 1.82) is 0 Å². The number of rotatable bonds is 5. The molecule has 0 atom stereocenters. The van der Waals surface area contributed by atoms with E-state index in [4.69, 9.17) is 20.8 Å². The number of aryl methyl sites for hydroxylation is 1. The molecule has 6 nitrogen and oxygen atoms in total. The lowest BCUT2D eigenvalue weighted by Crippen LogP contribution is -2.19. The first-order chi connectivity index (χ1) is 14.4. The molecule has 152 valence electrons. The summed E-state index contributed by atoms with van der Waals surface area (Å²) in [6.07, 6.45) is 0. The summed E-state index contributed by atoms with van der Waals surface area (Å²) in [4.78, 5) is 24.9. The summed E-state index contributed by atoms with van der Waals surface area (Å²) in [7, 11) is 0. The van der Waals surface area contributed by atoms with Gasteiger partial charge in [0, 0.05) is 10.7 Å². The molecule has 0 aliphatic carbocycles. The fourth-order valence-electron chi connectivity index (χ4n) is 3.16. The van der Waals surface area contributed by atoms with Crippen molar-refractivity contribution in [3.8, 4) is 0 Å². The quantitative estimate of drug-likeness (QED) is 0.434. The number of esters is 1. The molecule has 4 rings (SSSR count). The van der Waals surface area contributed by atoms with E-state index in [9.17, 15) is 9.59 Å². The number of nitrogens with one attached hydrogen (secondary N) is 1. The van der Waals surface area contributed by atoms with Crippen molar-refractivity contribution in [2.24, 2.45) is 0 Å². The molecule has 0 amide bonds. The Hall–Kier alpha value is -3.51. The fourth-order valence-corrected chi connectivity index (χ4v) is 3.33. The number of para-hydroxylation sites is 1. The van der Waals surface area contributed by atoms with Crippen molar-refractivity contribution in [2.45, 2.75) is 20.6 Å². The monoisotopic (exact) mass is 422 g/mol. The van der Waals surface area contributed by atoms with E-state index >= 15 is 0 Å². The number of fused-ring (bicyclic) bond motifs is 1. The van der Waals surface area contributed by atoms with Crippen molar-refractivity contribution in [3.05, 3.63) is 92.9 Å². The summed E-state index contributed by atoms with van der Waals surface area (Å²) in [5.74, 6) is -1.19. The minimum absolute atomic E-state index is 0.289. The Bertz CT molecular complexity index is 1310. The van der Waals surface area contributed by atoms with Gasteiger partial charge in [0.15, 0.2) is 12.3 Å². The molecule has 30 heavy (non-hydrogen) atoms. The SMILES string of the molecule is Cc1cccc(Nc2ccccc2C(=O)OCn2c(=O)oc3ccc(Cl)cc32)c1C. The average Bonchev–Trinajstić information content (AvgIpc) is 3.04. The molecule has 0 aliphatic rings. The molecule has 0 saturated carbocycles. The molecule has 0 spiro atoms. The summed E-state index contributed by atoms with van der Waals surface area (Å²) in [5, 5.41) is 3.75. The maximum absolute atomic E-state index is 12.8. The first kappa shape index (κ1) is 19.8. The highest BCUT2D eigenvalue weighted by Gasteiger charge is 2.16. The fraction of sp³-hybridized carbons (Fsp3) is 0.130. The molecule has 0 fully saturated rings. The zero-order valence-electron chi connectivity index (χ0n) is 16.4. The molecule has 0 radical (unpaired) electrons. The van der Waals surface area contributed by atoms with Crippen molar-refractivity contribution in [2.75, 3.05) is 5.32 Å². The van der Waals surface area contributed by atoms with E-state index in [1.54, 1.807) is 36.4 Å². The van der Waals surface area contributed by atoms with Crippen LogP contribution in [0.3, 0.4) is 0 Å². The van der Waals surface area contributed by atoms with E-state index in [1.807, 2.05) is 38.1 Å². The van der Waals surface area contributed by atoms with Crippen LogP contribution in [0.25, 0.3) is 11.1 Å². The molecule has 0 bridgehead atoms. The van der Waals surface area contributed by atoms with Crippen molar-refractivity contribution in [1.82, 2.24) is 4.57 Å². The molecular formula is C23H19ClN2O4. The van der Waals surface area contributed by atoms with E-state index < -0.39 is 11.7 Å². The number of anilines is 2. The number of ether oxygens (including phenoxy) is 1. The van der Waals surface area contributed by atoms with Crippen LogP contribution in [0.4, 0.5) is 11.4 Å². The molecule has 0 saturated heterocycles. The summed E-state index contributed by atoms with van der Waals surface area (Å²) in [6, 6.07) is 17.8. The van der Waals surface area contributed by atoms with Crippen molar-refractivity contribution in [3.63, 3.8) is 0 Å². The highest BCUT2D eigenvalue weighted by Crippen LogP contribution is 2.26. The van der Waals surface area contributed by atoms with E-state index in [0.717, 1.165) is 16.8 Å². The first-order valence-electron chi connectivity index (χ1n) is 9.32. The molecule has 0 unspecified atom stereocenters. The maximum atomic E-state index is 12.8. The van der Waals surface area contributed by atoms with Crippen LogP contribution in [0.1, 0.15) is 21.5 Å². The number of hydrogen-bond donors (Lipinski definition) is 1. The van der Waals surface area contributed by atoms with Crippen LogP contribution in [-0.2, 0) is 11.5 Å². The minimum Gasteiger partial charge on any atom is -0.440 e. The lowest BCUT2D eigenvalue weighted by Gasteiger charge is -2.14. The number of hydrogen-bond acceptors (Lipinski definition) is 5. The van der Waals surface area contributed by atoms with Gasteiger partial charge in [-0.2, -0.15) is 0 Å². The van der Waals surface area contributed by atoms with Crippen LogP contribution in [0, 0.1) is 13.8 Å². The van der Waals surface area contributed by atoms with Gasteiger partial charge >= 0.3 is 11.7 Å². The van der Waals surface area contributed by atoms with Gasteiger partial charge in [-0.3, -0.25) is 0 Å². The topological polar surface area (TPSA) is 73.5 Å². The van der Waals surface area contributed by atoms with Gasteiger partial charge in [0.1, 0.15) is 0 Å². The smallest absolute Gasteiger partial charge is 0.422 e. The van der Waals surface area contributed by atoms with Gasteiger partial charge in [0.25, 0.3) is 0 Å². The second kappa shape index (κ2) is 8.08. The standard InChI is InChI=1S/C23H19ClN2O4/c1-14-6-5-9-18(15(14)2)25-19-8-4-3-7-17(19)22(27)29-13-26-20-12-16(24)10-11-21(20)30-23(26)28/h3-12,25H,13H2,1-2H3. The Labute approximate surface area is 177 Å². The van der Waals surface area contributed by atoms with Crippen LogP contribution in [0.5, 0.6) is 0 Å². The van der Waals surface area contributed by atoms with Gasteiger partial charge in [0.2, 0.25) is 0 Å². The second-order valence-electron chi connectivity index (χ2n) is 6.89. The summed E-state index contributed by atoms with van der Waals surface area (Å²) < 4.78 is 11.8. The zero-order chi connectivity index (χ0) is 21.3. The second-order valence-corrected chi connectivity index (χ2v) is 7.32. The third-order valence-corrected chi connectivity index (χ3v) is 5.21. The van der Waals surface area contributed by atoms with Gasteiger partial charge in [-0.25, -0.2) is 14.2 Å². The number of aromatic nitrogens is 1. The van der Waals surface area contributed by atoms with Crippen LogP contribution >= 0.6 is 11.6 Å². The van der Waals surface area contributed by atoms with Gasteiger partial charge < -0.3 is 14.5 Å². The third kappa shape index (κ3) is 3.82. The Morgan fingerprint density at radius 2 is 1.83 bits per heavy atom. The summed E-state index contributed by atoms with van der Waals surface area (Å²) in [6.45, 7) is 3.75. The molecule has 4 aromatic rings. The molecule has 3 aromatic carbocycles. The van der Waals surface area contributed by atoms with Crippen molar-refractivity contribution >= 4 is 40.0 Å². The highest BCUT2D eigenvalue weighted by molar-refractivity contribution is 6.31. The lowest BCUT2D eigenvalue weighted by molar-refractivity contribution is 0.0369. The molecule has 1 N–H and O–H groups in total. The van der Waals surface area contributed by atoms with Gasteiger partial charge in [0.05, 0.1) is 16.8 Å². The van der Waals surface area contributed by atoms with E-state index in [0.29, 0.717) is 27.4 Å². The van der Waals surface area contributed by atoms with Crippen molar-refractivity contribution < 1.29 is 13.9 Å². The maximum Gasteiger partial charge on any atom is 0.422 e. The van der Waals surface area contributed by atoms with E-state index in [2.05, 4.69) is 5.32 Å². The predicted octanol–water partition coefficient (Wildman–Crippen LogP) is 5.42. The zero-order valence-corrected chi connectivity index (χ0v) is 17.2. The molecular weight excluding hydrogens is 404 g/mol. The van der Waals surface area contributed by atoms with Crippen LogP contribution in [0.15, 0.2) is 69.9 Å². The number of benzene rings is 3. The molecule has 7 heteroatoms. The van der Waals surface area contributed by atoms with Gasteiger partial charge in [-0.1, -0.05) is 35.9 Å². The largest absolute Gasteiger partial charge is 0.440 e. The Morgan fingerprint density at radius 1 is 1.07 bits per heavy atom. The minimum atomic E-state index is -0.623. The number of nitrogens with zero attached hydrogens (tertiary/aromatic N) is 1. The number of halogens is 1. The molecule has 1 heterocycles. The molecule has 1 aromatic heterocycles. The average molecular weight is 423 g/mol. The van der Waals surface area contributed by atoms with Gasteiger partial charge in [-0.05, 0) is 61.4 Å². The first-order valence-corrected chi connectivity index (χ1v) is 9.70. The highest BCUT2D eigenvalue weighted by atomic mass is 35.5.